The fourth-order valence-corrected chi connectivity index (χ4v) is 11.2. The lowest BCUT2D eigenvalue weighted by Crippen LogP contribution is -2.15. The molecule has 0 saturated heterocycles. The van der Waals surface area contributed by atoms with Crippen LogP contribution in [0.1, 0.15) is 25.0 Å². The largest absolute Gasteiger partial charge is 0.456 e. The Morgan fingerprint density at radius 1 is 0.368 bits per heavy atom. The Balaban J connectivity index is 0.951. The Morgan fingerprint density at radius 2 is 0.930 bits per heavy atom. The number of thiophene rings is 1. The predicted octanol–water partition coefficient (Wildman–Crippen LogP) is 16.2. The van der Waals surface area contributed by atoms with Crippen molar-refractivity contribution in [3.63, 3.8) is 0 Å². The van der Waals surface area contributed by atoms with Crippen LogP contribution in [-0.4, -0.2) is 0 Å². The van der Waals surface area contributed by atoms with Gasteiger partial charge in [-0.3, -0.25) is 0 Å². The average molecular weight is 743 g/mol. The predicted molar refractivity (Wildman–Crippen MR) is 245 cm³/mol. The van der Waals surface area contributed by atoms with Crippen molar-refractivity contribution in [3.8, 4) is 33.4 Å². The second kappa shape index (κ2) is 11.2. The van der Waals surface area contributed by atoms with Crippen LogP contribution < -0.4 is 0 Å². The summed E-state index contributed by atoms with van der Waals surface area (Å²) in [6.45, 7) is 4.76. The van der Waals surface area contributed by atoms with Crippen LogP contribution in [0.2, 0.25) is 0 Å². The van der Waals surface area contributed by atoms with Gasteiger partial charge in [-0.25, -0.2) is 0 Å². The minimum Gasteiger partial charge on any atom is -0.456 e. The molecule has 57 heavy (non-hydrogen) atoms. The molecular weight excluding hydrogens is 709 g/mol. The second-order valence-corrected chi connectivity index (χ2v) is 17.5. The van der Waals surface area contributed by atoms with Crippen LogP contribution in [0.25, 0.3) is 119 Å². The van der Waals surface area contributed by atoms with Gasteiger partial charge in [0.25, 0.3) is 0 Å². The van der Waals surface area contributed by atoms with E-state index < -0.39 is 0 Å². The first-order chi connectivity index (χ1) is 28.0. The van der Waals surface area contributed by atoms with Crippen LogP contribution in [-0.2, 0) is 5.41 Å². The first-order valence-corrected chi connectivity index (χ1v) is 20.6. The molecule has 0 aliphatic heterocycles. The summed E-state index contributed by atoms with van der Waals surface area (Å²) in [6, 6.07) is 63.5. The van der Waals surface area contributed by atoms with Gasteiger partial charge in [0.1, 0.15) is 11.2 Å². The van der Waals surface area contributed by atoms with Crippen LogP contribution in [0.5, 0.6) is 0 Å². The zero-order valence-electron chi connectivity index (χ0n) is 31.5. The van der Waals surface area contributed by atoms with Crippen LogP contribution in [0, 0.1) is 0 Å². The molecule has 0 saturated carbocycles. The number of benzene rings is 10. The van der Waals surface area contributed by atoms with Gasteiger partial charge in [0.2, 0.25) is 0 Å². The van der Waals surface area contributed by atoms with Crippen LogP contribution in [0.4, 0.5) is 0 Å². The van der Waals surface area contributed by atoms with Gasteiger partial charge in [-0.2, -0.15) is 0 Å². The Kier molecular flexibility index (Phi) is 6.18. The molecule has 2 heterocycles. The first-order valence-electron chi connectivity index (χ1n) is 19.8. The molecule has 266 valence electrons. The topological polar surface area (TPSA) is 13.1 Å². The second-order valence-electron chi connectivity index (χ2n) is 16.4. The molecule has 0 spiro atoms. The molecule has 0 atom stereocenters. The molecule has 1 aliphatic carbocycles. The Labute approximate surface area is 333 Å². The molecule has 0 fully saturated rings. The monoisotopic (exact) mass is 742 g/mol. The van der Waals surface area contributed by atoms with Gasteiger partial charge in [0, 0.05) is 36.4 Å². The third-order valence-electron chi connectivity index (χ3n) is 13.0. The molecule has 2 aromatic heterocycles. The third kappa shape index (κ3) is 4.34. The van der Waals surface area contributed by atoms with Crippen molar-refractivity contribution in [3.05, 3.63) is 181 Å². The number of hydrogen-bond acceptors (Lipinski definition) is 2. The minimum absolute atomic E-state index is 0.0733. The normalized spacial score (nSPS) is 13.6. The SMILES string of the molecule is CC1(C)c2cc(-c3ccc4sc5ccc(-c6ccc7c(c6)c6ccccc6c6cc8oc9ccccc9c8cc76)cc5c4c3)ccc2-c2c1ccc1ccccc21. The molecule has 0 unspecified atom stereocenters. The molecule has 1 aliphatic rings. The highest BCUT2D eigenvalue weighted by Crippen LogP contribution is 2.52. The van der Waals surface area contributed by atoms with Crippen LogP contribution in [0.3, 0.4) is 0 Å². The lowest BCUT2D eigenvalue weighted by molar-refractivity contribution is 0.661. The van der Waals surface area contributed by atoms with E-state index in [4.69, 9.17) is 4.42 Å². The van der Waals surface area contributed by atoms with Gasteiger partial charge >= 0.3 is 0 Å². The number of para-hydroxylation sites is 1. The van der Waals surface area contributed by atoms with Gasteiger partial charge in [0.05, 0.1) is 0 Å². The summed E-state index contributed by atoms with van der Waals surface area (Å²) in [5, 5.41) is 15.1. The Hall–Kier alpha value is -6.74. The molecule has 12 aromatic rings. The van der Waals surface area contributed by atoms with Gasteiger partial charge in [-0.05, 0) is 142 Å². The Morgan fingerprint density at radius 3 is 1.68 bits per heavy atom. The first kappa shape index (κ1) is 31.5. The van der Waals surface area contributed by atoms with Crippen molar-refractivity contribution in [1.82, 2.24) is 0 Å². The maximum atomic E-state index is 6.34. The smallest absolute Gasteiger partial charge is 0.136 e. The molecule has 0 radical (unpaired) electrons. The molecule has 0 bridgehead atoms. The van der Waals surface area contributed by atoms with Gasteiger partial charge in [0.15, 0.2) is 0 Å². The molecular formula is C55H34OS. The van der Waals surface area contributed by atoms with E-state index in [2.05, 4.69) is 178 Å². The van der Waals surface area contributed by atoms with Crippen molar-refractivity contribution in [2.75, 3.05) is 0 Å². The zero-order valence-corrected chi connectivity index (χ0v) is 32.3. The molecule has 2 heteroatoms. The summed E-state index contributed by atoms with van der Waals surface area (Å²) in [5.41, 5.74) is 12.4. The van der Waals surface area contributed by atoms with Crippen molar-refractivity contribution in [1.29, 1.82) is 0 Å². The summed E-state index contributed by atoms with van der Waals surface area (Å²) in [7, 11) is 0. The van der Waals surface area contributed by atoms with Gasteiger partial charge in [-0.15, -0.1) is 11.3 Å². The maximum Gasteiger partial charge on any atom is 0.136 e. The highest BCUT2D eigenvalue weighted by atomic mass is 32.1. The van der Waals surface area contributed by atoms with Crippen LogP contribution in [0.15, 0.2) is 174 Å². The number of furan rings is 1. The van der Waals surface area contributed by atoms with E-state index in [-0.39, 0.29) is 5.41 Å². The van der Waals surface area contributed by atoms with Gasteiger partial charge < -0.3 is 4.42 Å². The molecule has 1 nitrogen and oxygen atoms in total. The summed E-state index contributed by atoms with van der Waals surface area (Å²) < 4.78 is 8.98. The Bertz CT molecular complexity index is 3720. The lowest BCUT2D eigenvalue weighted by atomic mass is 9.81. The summed E-state index contributed by atoms with van der Waals surface area (Å²) in [4.78, 5) is 0. The van der Waals surface area contributed by atoms with Gasteiger partial charge in [-0.1, -0.05) is 129 Å². The van der Waals surface area contributed by atoms with Crippen molar-refractivity contribution >= 4 is 96.5 Å². The van der Waals surface area contributed by atoms with Crippen molar-refractivity contribution in [2.45, 2.75) is 19.3 Å². The van der Waals surface area contributed by atoms with E-state index >= 15 is 0 Å². The number of fused-ring (bicyclic) bond motifs is 17. The van der Waals surface area contributed by atoms with Crippen LogP contribution >= 0.6 is 11.3 Å². The fraction of sp³-hybridized carbons (Fsp3) is 0.0545. The molecule has 0 amide bonds. The number of hydrogen-bond donors (Lipinski definition) is 0. The molecule has 13 rings (SSSR count). The number of rotatable bonds is 2. The van der Waals surface area contributed by atoms with E-state index in [1.807, 2.05) is 17.4 Å². The van der Waals surface area contributed by atoms with E-state index in [0.29, 0.717) is 0 Å². The maximum absolute atomic E-state index is 6.34. The molecule has 0 N–H and O–H groups in total. The minimum atomic E-state index is -0.0733. The van der Waals surface area contributed by atoms with E-state index in [9.17, 15) is 0 Å². The quantitative estimate of drug-likeness (QED) is 0.161. The van der Waals surface area contributed by atoms with Crippen molar-refractivity contribution in [2.24, 2.45) is 0 Å². The summed E-state index contributed by atoms with van der Waals surface area (Å²) in [5.74, 6) is 0. The van der Waals surface area contributed by atoms with E-state index in [1.165, 1.54) is 108 Å². The lowest BCUT2D eigenvalue weighted by Gasteiger charge is -2.22. The molecule has 10 aromatic carbocycles. The summed E-state index contributed by atoms with van der Waals surface area (Å²) >= 11 is 1.88. The zero-order chi connectivity index (χ0) is 37.6. The fourth-order valence-electron chi connectivity index (χ4n) is 10.2. The highest BCUT2D eigenvalue weighted by molar-refractivity contribution is 7.25. The highest BCUT2D eigenvalue weighted by Gasteiger charge is 2.36. The summed E-state index contributed by atoms with van der Waals surface area (Å²) in [6.07, 6.45) is 0. The van der Waals surface area contributed by atoms with E-state index in [1.54, 1.807) is 0 Å². The average Bonchev–Trinajstić information content (AvgIpc) is 3.89. The van der Waals surface area contributed by atoms with Crippen molar-refractivity contribution < 1.29 is 4.42 Å². The standard InChI is InChI=1S/C55H34OS/c1-55(2)48-22-17-31-9-3-4-10-36(31)54(48)41-21-16-35(28-49(41)55)34-19-24-53-47(27-34)46-26-33(18-23-52(46)57-53)32-15-20-39-42(25-32)37-11-5-6-12-38(37)44-30-51-45(29-43(39)44)40-13-7-8-14-50(40)56-51/h3-30H,1-2H3. The van der Waals surface area contributed by atoms with E-state index in [0.717, 1.165) is 21.9 Å². The third-order valence-corrected chi connectivity index (χ3v) is 14.2.